The van der Waals surface area contributed by atoms with E-state index in [4.69, 9.17) is 21.1 Å². The van der Waals surface area contributed by atoms with Gasteiger partial charge in [0.05, 0.1) is 6.61 Å². The molecule has 0 aliphatic heterocycles. The van der Waals surface area contributed by atoms with Crippen molar-refractivity contribution in [3.63, 3.8) is 0 Å². The highest BCUT2D eigenvalue weighted by atomic mass is 35.5. The topological polar surface area (TPSA) is 77.5 Å². The van der Waals surface area contributed by atoms with Crippen LogP contribution in [0.3, 0.4) is 0 Å². The largest absolute Gasteiger partial charge is 0.494 e. The molecular formula is C17H17ClN2O4. The van der Waals surface area contributed by atoms with Gasteiger partial charge in [-0.3, -0.25) is 4.79 Å². The van der Waals surface area contributed by atoms with Crippen LogP contribution in [0.4, 0.5) is 5.69 Å². The van der Waals surface area contributed by atoms with E-state index in [0.717, 1.165) is 0 Å². The molecule has 0 saturated heterocycles. The lowest BCUT2D eigenvalue weighted by molar-refractivity contribution is -0.123. The van der Waals surface area contributed by atoms with Crippen molar-refractivity contribution in [2.45, 2.75) is 20.0 Å². The molecule has 1 heterocycles. The number of benzene rings is 1. The molecule has 1 amide bonds. The summed E-state index contributed by atoms with van der Waals surface area (Å²) in [6.07, 6.45) is 0.411. The summed E-state index contributed by atoms with van der Waals surface area (Å²) in [6, 6.07) is 9.81. The Morgan fingerprint density at radius 1 is 1.25 bits per heavy atom. The maximum absolute atomic E-state index is 12.1. The molecule has 6 nitrogen and oxygen atoms in total. The van der Waals surface area contributed by atoms with E-state index in [1.54, 1.807) is 30.3 Å². The van der Waals surface area contributed by atoms with Crippen molar-refractivity contribution >= 4 is 29.2 Å². The predicted octanol–water partition coefficient (Wildman–Crippen LogP) is 3.32. The van der Waals surface area contributed by atoms with Crippen molar-refractivity contribution in [3.8, 4) is 5.75 Å². The van der Waals surface area contributed by atoms with E-state index in [1.165, 1.54) is 19.2 Å². The van der Waals surface area contributed by atoms with Crippen molar-refractivity contribution in [1.29, 1.82) is 0 Å². The fourth-order valence-electron chi connectivity index (χ4n) is 1.84. The molecule has 2 rings (SSSR count). The SMILES string of the molecule is CCOc1ccc(NC(=O)[C@H](C)OC(=O)c2cc(Cl)ccn2)cc1. The third-order valence-electron chi connectivity index (χ3n) is 3.02. The summed E-state index contributed by atoms with van der Waals surface area (Å²) in [4.78, 5) is 27.9. The highest BCUT2D eigenvalue weighted by Gasteiger charge is 2.20. The minimum atomic E-state index is -0.982. The van der Waals surface area contributed by atoms with Crippen molar-refractivity contribution in [3.05, 3.63) is 53.3 Å². The highest BCUT2D eigenvalue weighted by molar-refractivity contribution is 6.30. The zero-order valence-electron chi connectivity index (χ0n) is 13.3. The van der Waals surface area contributed by atoms with E-state index in [-0.39, 0.29) is 5.69 Å². The van der Waals surface area contributed by atoms with Crippen LogP contribution in [0, 0.1) is 0 Å². The average Bonchev–Trinajstić information content (AvgIpc) is 2.56. The second-order valence-electron chi connectivity index (χ2n) is 4.85. The van der Waals surface area contributed by atoms with Gasteiger partial charge in [0.15, 0.2) is 6.10 Å². The molecule has 0 fully saturated rings. The van der Waals surface area contributed by atoms with Crippen LogP contribution in [0.15, 0.2) is 42.6 Å². The summed E-state index contributed by atoms with van der Waals surface area (Å²) >= 11 is 5.79. The van der Waals surface area contributed by atoms with Crippen LogP contribution in [-0.2, 0) is 9.53 Å². The number of carbonyl (C=O) groups excluding carboxylic acids is 2. The number of nitrogens with zero attached hydrogens (tertiary/aromatic N) is 1. The average molecular weight is 349 g/mol. The molecule has 1 aromatic carbocycles. The number of nitrogens with one attached hydrogen (secondary N) is 1. The first-order valence-corrected chi connectivity index (χ1v) is 7.73. The number of halogens is 1. The minimum absolute atomic E-state index is 0.0446. The van der Waals surface area contributed by atoms with Gasteiger partial charge in [0.1, 0.15) is 11.4 Å². The molecule has 2 aromatic rings. The number of amides is 1. The number of hydrogen-bond donors (Lipinski definition) is 1. The summed E-state index contributed by atoms with van der Waals surface area (Å²) in [5, 5.41) is 3.03. The Morgan fingerprint density at radius 3 is 2.58 bits per heavy atom. The maximum Gasteiger partial charge on any atom is 0.357 e. The first kappa shape index (κ1) is 17.7. The number of aromatic nitrogens is 1. The van der Waals surface area contributed by atoms with Crippen LogP contribution < -0.4 is 10.1 Å². The van der Waals surface area contributed by atoms with Gasteiger partial charge in [-0.1, -0.05) is 11.6 Å². The van der Waals surface area contributed by atoms with Crippen LogP contribution in [-0.4, -0.2) is 29.6 Å². The molecule has 24 heavy (non-hydrogen) atoms. The Kier molecular flexibility index (Phi) is 6.14. The second-order valence-corrected chi connectivity index (χ2v) is 5.29. The Balaban J connectivity index is 1.93. The lowest BCUT2D eigenvalue weighted by Crippen LogP contribution is -2.30. The molecular weight excluding hydrogens is 332 g/mol. The number of esters is 1. The third kappa shape index (κ3) is 4.96. The molecule has 0 saturated carbocycles. The second kappa shape index (κ2) is 8.31. The van der Waals surface area contributed by atoms with Gasteiger partial charge < -0.3 is 14.8 Å². The fraction of sp³-hybridized carbons (Fsp3) is 0.235. The van der Waals surface area contributed by atoms with E-state index >= 15 is 0 Å². The molecule has 0 bridgehead atoms. The Hall–Kier alpha value is -2.60. The summed E-state index contributed by atoms with van der Waals surface area (Å²) in [5.41, 5.74) is 0.621. The predicted molar refractivity (Wildman–Crippen MR) is 90.4 cm³/mol. The number of rotatable bonds is 6. The molecule has 0 unspecified atom stereocenters. The van der Waals surface area contributed by atoms with Crippen LogP contribution in [0.2, 0.25) is 5.02 Å². The van der Waals surface area contributed by atoms with E-state index in [2.05, 4.69) is 10.3 Å². The highest BCUT2D eigenvalue weighted by Crippen LogP contribution is 2.16. The maximum atomic E-state index is 12.1. The number of anilines is 1. The van der Waals surface area contributed by atoms with Gasteiger partial charge in [0.25, 0.3) is 5.91 Å². The van der Waals surface area contributed by atoms with E-state index in [0.29, 0.717) is 23.1 Å². The van der Waals surface area contributed by atoms with Gasteiger partial charge in [0.2, 0.25) is 0 Å². The molecule has 1 N–H and O–H groups in total. The number of hydrogen-bond acceptors (Lipinski definition) is 5. The van der Waals surface area contributed by atoms with Gasteiger partial charge in [0, 0.05) is 16.9 Å². The summed E-state index contributed by atoms with van der Waals surface area (Å²) in [7, 11) is 0. The molecule has 0 aliphatic carbocycles. The first-order chi connectivity index (χ1) is 11.5. The normalized spacial score (nSPS) is 11.5. The van der Waals surface area contributed by atoms with Crippen molar-refractivity contribution in [2.24, 2.45) is 0 Å². The summed E-state index contributed by atoms with van der Waals surface area (Å²) in [5.74, 6) is -0.455. The van der Waals surface area contributed by atoms with Gasteiger partial charge in [-0.2, -0.15) is 0 Å². The number of ether oxygens (including phenoxy) is 2. The van der Waals surface area contributed by atoms with E-state index in [1.807, 2.05) is 6.92 Å². The lowest BCUT2D eigenvalue weighted by atomic mass is 10.3. The molecule has 0 spiro atoms. The van der Waals surface area contributed by atoms with E-state index < -0.39 is 18.0 Å². The molecule has 1 aromatic heterocycles. The zero-order chi connectivity index (χ0) is 17.5. The molecule has 0 radical (unpaired) electrons. The summed E-state index contributed by atoms with van der Waals surface area (Å²) in [6.45, 7) is 3.93. The molecule has 1 atom stereocenters. The first-order valence-electron chi connectivity index (χ1n) is 7.36. The van der Waals surface area contributed by atoms with Crippen LogP contribution in [0.5, 0.6) is 5.75 Å². The van der Waals surface area contributed by atoms with Gasteiger partial charge >= 0.3 is 5.97 Å². The van der Waals surface area contributed by atoms with Crippen LogP contribution in [0.25, 0.3) is 0 Å². The van der Waals surface area contributed by atoms with Crippen molar-refractivity contribution in [2.75, 3.05) is 11.9 Å². The van der Waals surface area contributed by atoms with Crippen LogP contribution in [0.1, 0.15) is 24.3 Å². The van der Waals surface area contributed by atoms with Gasteiger partial charge in [-0.25, -0.2) is 9.78 Å². The Bertz CT molecular complexity index is 719. The quantitative estimate of drug-likeness (QED) is 0.810. The lowest BCUT2D eigenvalue weighted by Gasteiger charge is -2.13. The fourth-order valence-corrected chi connectivity index (χ4v) is 2.00. The molecule has 0 aliphatic rings. The van der Waals surface area contributed by atoms with Crippen LogP contribution >= 0.6 is 11.6 Å². The number of pyridine rings is 1. The smallest absolute Gasteiger partial charge is 0.357 e. The van der Waals surface area contributed by atoms with Crippen molar-refractivity contribution in [1.82, 2.24) is 4.98 Å². The molecule has 7 heteroatoms. The van der Waals surface area contributed by atoms with Gasteiger partial charge in [-0.05, 0) is 50.2 Å². The summed E-state index contributed by atoms with van der Waals surface area (Å²) < 4.78 is 10.4. The monoisotopic (exact) mass is 348 g/mol. The van der Waals surface area contributed by atoms with Gasteiger partial charge in [-0.15, -0.1) is 0 Å². The van der Waals surface area contributed by atoms with E-state index in [9.17, 15) is 9.59 Å². The number of carbonyl (C=O) groups is 2. The third-order valence-corrected chi connectivity index (χ3v) is 3.25. The zero-order valence-corrected chi connectivity index (χ0v) is 14.0. The standard InChI is InChI=1S/C17H17ClN2O4/c1-3-23-14-6-4-13(5-7-14)20-16(21)11(2)24-17(22)15-10-12(18)8-9-19-15/h4-11H,3H2,1-2H3,(H,20,21)/t11-/m0/s1. The minimum Gasteiger partial charge on any atom is -0.494 e. The molecule has 126 valence electrons. The Morgan fingerprint density at radius 2 is 1.96 bits per heavy atom. The van der Waals surface area contributed by atoms with Crippen molar-refractivity contribution < 1.29 is 19.1 Å². The Labute approximate surface area is 144 Å².